The molecule has 6 aliphatic rings. The molecule has 15 aromatic rings. The van der Waals surface area contributed by atoms with E-state index in [1.54, 1.807) is 82.9 Å². The third kappa shape index (κ3) is 22.3. The Hall–Kier alpha value is -14.0. The normalized spacial score (nSPS) is 18.4. The van der Waals surface area contributed by atoms with E-state index in [0.29, 0.717) is 121 Å². The fourth-order valence-corrected chi connectivity index (χ4v) is 23.3. The molecule has 0 unspecified atom stereocenters. The first-order valence-corrected chi connectivity index (χ1v) is 53.4. The molecule has 0 spiro atoms. The van der Waals surface area contributed by atoms with Gasteiger partial charge >= 0.3 is 0 Å². The van der Waals surface area contributed by atoms with Crippen molar-refractivity contribution in [1.82, 2.24) is 105 Å². The molecule has 742 valence electrons. The van der Waals surface area contributed by atoms with Crippen molar-refractivity contribution in [3.05, 3.63) is 270 Å². The van der Waals surface area contributed by atoms with Crippen molar-refractivity contribution in [3.63, 3.8) is 0 Å². The number of carbonyl (C=O) groups is 6. The quantitative estimate of drug-likeness (QED) is 0.0278. The van der Waals surface area contributed by atoms with Gasteiger partial charge in [0.15, 0.2) is 11.6 Å². The molecule has 3 atom stereocenters. The summed E-state index contributed by atoms with van der Waals surface area (Å²) in [5.41, 5.74) is 18.4. The minimum Gasteiger partial charge on any atom is -0.342 e. The number of piperidine rings is 1. The number of hydrogen-bond acceptors (Lipinski definition) is 25. The molecule has 30 nitrogen and oxygen atoms in total. The maximum atomic E-state index is 15.1. The molecule has 145 heavy (non-hydrogen) atoms. The van der Waals surface area contributed by atoms with Crippen molar-refractivity contribution in [2.45, 2.75) is 105 Å². The standard InChI is InChI=1S/C37H36F2N8O2S.C37H40N8O2S.C35H36N8O2S2/c1-3-25-17-24(7-13-40-25)34-29-18-26(5-6-32(29)44-45-34)43-36(49)37(50-2)10-16-46(22-37)21-33(48)47-14-8-23(9-15-47)27-19-31(39)28(20-30(27)38)35-41-11-4-12-42-35;1-3-29-21-28(11-17-38-29)34-31-22-30(9-10-32(31)42-43-34)41-36(47)37(48-2)14-20-44(24-37)23-33(46)45-18-12-26(13-19-45)25-5-7-27(8-6-25)35-39-15-4-16-40-35;1-3-25-18-24(9-14-36-25)32-27-19-26(7-8-28(27)40-41-32)39-34(45)35(46-2)12-17-42(22-35)21-31(44)43-15-10-23(11-16-43)33-38-20-30(47-33)29-6-4-5-13-37-29/h4-8,11-13,17-20H,3,9-10,14-16,21-22H2,1-2H3,(H,43,49)(H,44,45);4-11,15-17,21-22,26H,3,12-14,18-20,23-24H2,1-2H3,(H,41,47)(H,42,43);4-10,13-14,18-20H,3,11-12,15-17,21-22H2,1-2H3,(H,39,45)(H,40,41)/t2*37-;35-/m000/s1. The Bertz CT molecular complexity index is 7330. The van der Waals surface area contributed by atoms with E-state index in [2.05, 4.69) is 164 Å². The van der Waals surface area contributed by atoms with Gasteiger partial charge < -0.3 is 30.7 Å². The summed E-state index contributed by atoms with van der Waals surface area (Å²) < 4.78 is 28.1. The summed E-state index contributed by atoms with van der Waals surface area (Å²) >= 11 is 6.26. The number of thioether (sulfide) groups is 3. The van der Waals surface area contributed by atoms with Crippen LogP contribution >= 0.6 is 46.6 Å². The number of rotatable bonds is 27. The van der Waals surface area contributed by atoms with Crippen LogP contribution in [0.3, 0.4) is 0 Å². The highest BCUT2D eigenvalue weighted by atomic mass is 32.2. The van der Waals surface area contributed by atoms with Gasteiger partial charge in [-0.1, -0.05) is 63.3 Å². The van der Waals surface area contributed by atoms with Crippen LogP contribution < -0.4 is 16.0 Å². The zero-order valence-electron chi connectivity index (χ0n) is 81.5. The average Bonchev–Trinajstić information content (AvgIpc) is 1.66. The van der Waals surface area contributed by atoms with E-state index in [1.807, 2.05) is 149 Å². The molecule has 4 saturated heterocycles. The number of H-pyrrole nitrogens is 3. The fourth-order valence-electron chi connectivity index (χ4n) is 19.8. The van der Waals surface area contributed by atoms with Gasteiger partial charge in [-0.05, 0) is 233 Å². The number of fused-ring (bicyclic) bond motifs is 3. The monoisotopic (exact) mass is 2020 g/mol. The number of aryl methyl sites for hydroxylation is 3. The second-order valence-electron chi connectivity index (χ2n) is 37.1. The highest BCUT2D eigenvalue weighted by molar-refractivity contribution is 8.01. The summed E-state index contributed by atoms with van der Waals surface area (Å²) in [7, 11) is 0. The van der Waals surface area contributed by atoms with Crippen LogP contribution in [0.5, 0.6) is 0 Å². The number of aromatic amines is 3. The number of nitrogens with zero attached hydrogens (tertiary/aromatic N) is 18. The van der Waals surface area contributed by atoms with Gasteiger partial charge in [-0.2, -0.15) is 15.3 Å². The minimum atomic E-state index is -0.719. The van der Waals surface area contributed by atoms with Gasteiger partial charge in [0.05, 0.1) is 52.3 Å². The van der Waals surface area contributed by atoms with Crippen molar-refractivity contribution in [3.8, 4) is 67.1 Å². The largest absolute Gasteiger partial charge is 0.342 e. The summed E-state index contributed by atoms with van der Waals surface area (Å²) in [6.07, 6.45) is 32.8. The molecule has 0 aliphatic carbocycles. The van der Waals surface area contributed by atoms with Crippen LogP contribution in [0.25, 0.3) is 111 Å². The highest BCUT2D eigenvalue weighted by Crippen LogP contribution is 2.43. The Kier molecular flexibility index (Phi) is 30.7. The predicted octanol–water partition coefficient (Wildman–Crippen LogP) is 17.5. The molecule has 6 amide bonds. The van der Waals surface area contributed by atoms with Crippen molar-refractivity contribution >= 4 is 143 Å². The number of amides is 6. The Labute approximate surface area is 855 Å². The van der Waals surface area contributed by atoms with E-state index in [9.17, 15) is 33.2 Å². The van der Waals surface area contributed by atoms with Gasteiger partial charge in [0, 0.05) is 212 Å². The molecule has 21 rings (SSSR count). The van der Waals surface area contributed by atoms with E-state index in [1.165, 1.54) is 41.4 Å². The maximum absolute atomic E-state index is 15.1. The van der Waals surface area contributed by atoms with Crippen LogP contribution in [0.2, 0.25) is 0 Å². The van der Waals surface area contributed by atoms with Crippen molar-refractivity contribution < 1.29 is 37.5 Å². The summed E-state index contributed by atoms with van der Waals surface area (Å²) in [5.74, 6) is 0.0874. The van der Waals surface area contributed by atoms with Crippen molar-refractivity contribution in [2.75, 3.05) is 133 Å². The zero-order chi connectivity index (χ0) is 100. The number of hydrogen-bond donors (Lipinski definition) is 6. The number of thiazole rings is 1. The minimum absolute atomic E-state index is 0.000297. The van der Waals surface area contributed by atoms with Crippen LogP contribution in [0.15, 0.2) is 226 Å². The molecule has 0 radical (unpaired) electrons. The van der Waals surface area contributed by atoms with Crippen LogP contribution in [-0.2, 0) is 48.0 Å². The lowest BCUT2D eigenvalue weighted by Gasteiger charge is -2.33. The molecule has 0 bridgehead atoms. The summed E-state index contributed by atoms with van der Waals surface area (Å²) in [6, 6.07) is 49.5. The third-order valence-electron chi connectivity index (χ3n) is 28.3. The number of aromatic nitrogens is 15. The Morgan fingerprint density at radius 3 is 1.24 bits per heavy atom. The smallest absolute Gasteiger partial charge is 0.241 e. The van der Waals surface area contributed by atoms with Crippen molar-refractivity contribution in [1.29, 1.82) is 0 Å². The first-order valence-electron chi connectivity index (χ1n) is 49.0. The first-order chi connectivity index (χ1) is 70.6. The predicted molar refractivity (Wildman–Crippen MR) is 571 cm³/mol. The van der Waals surface area contributed by atoms with Crippen molar-refractivity contribution in [2.24, 2.45) is 0 Å². The van der Waals surface area contributed by atoms with Gasteiger partial charge in [-0.25, -0.2) is 33.7 Å². The molecule has 5 aromatic carbocycles. The Morgan fingerprint density at radius 2 is 0.828 bits per heavy atom. The van der Waals surface area contributed by atoms with E-state index in [-0.39, 0.29) is 58.9 Å². The van der Waals surface area contributed by atoms with Gasteiger partial charge in [0.2, 0.25) is 35.4 Å². The maximum Gasteiger partial charge on any atom is 0.241 e. The average molecular weight is 2020 g/mol. The second-order valence-corrected chi connectivity index (χ2v) is 41.7. The second kappa shape index (κ2) is 44.7. The van der Waals surface area contributed by atoms with Crippen LogP contribution in [0.4, 0.5) is 25.8 Å². The number of likely N-dealkylation sites (tertiary alicyclic amines) is 4. The number of anilines is 3. The molecule has 10 aromatic heterocycles. The van der Waals surface area contributed by atoms with E-state index >= 15 is 4.39 Å². The lowest BCUT2D eigenvalue weighted by Crippen LogP contribution is -2.46. The lowest BCUT2D eigenvalue weighted by molar-refractivity contribution is -0.133. The number of halogens is 2. The lowest BCUT2D eigenvalue weighted by atomic mass is 9.89. The highest BCUT2D eigenvalue weighted by Gasteiger charge is 2.48. The molecule has 16 heterocycles. The summed E-state index contributed by atoms with van der Waals surface area (Å²) in [4.78, 5) is 133. The molecule has 6 aliphatic heterocycles. The molecule has 4 fully saturated rings. The topological polar surface area (TPSA) is 360 Å². The summed E-state index contributed by atoms with van der Waals surface area (Å²) in [6.45, 7) is 13.9. The SMILES string of the molecule is CCc1cc(-c2n[nH]c3ccc(NC(=O)[C@]4(SC)CCN(CC(=O)N5CC=C(c6cc(F)c(-c7ncccn7)cc6F)CC5)C4)cc23)ccn1.CCc1cc(-c2n[nH]c3ccc(NC(=O)[C@]4(SC)CCN(CC(=O)N5CC=C(c6ncc(-c7ccccn7)s6)CC5)C4)cc23)ccn1.CCc1cc(-c2n[nH]c3ccc(NC(=O)[C@]4(SC)CCN(CC(=O)N5CCC(c6ccc(-c7ncccn7)cc6)CC5)C4)cc23)ccn1. The van der Waals surface area contributed by atoms with Crippen LogP contribution in [-0.4, -0.2) is 271 Å². The Morgan fingerprint density at radius 1 is 0.414 bits per heavy atom. The molecular weight excluding hydrogens is 1910 g/mol. The zero-order valence-corrected chi connectivity index (χ0v) is 84.8. The van der Waals surface area contributed by atoms with Gasteiger partial charge in [-0.15, -0.1) is 46.6 Å². The van der Waals surface area contributed by atoms with E-state index in [4.69, 9.17) is 0 Å². The van der Waals surface area contributed by atoms with Crippen LogP contribution in [0, 0.1) is 11.6 Å². The fraction of sp³-hybridized carbons (Fsp3) is 0.321. The molecule has 36 heteroatoms. The third-order valence-corrected chi connectivity index (χ3v) is 33.3. The van der Waals surface area contributed by atoms with Gasteiger partial charge in [0.25, 0.3) is 0 Å². The molecular formula is C109H112F2N24O6S4. The van der Waals surface area contributed by atoms with Gasteiger partial charge in [-0.3, -0.25) is 78.7 Å². The van der Waals surface area contributed by atoms with E-state index in [0.717, 1.165) is 180 Å². The first kappa shape index (κ1) is 99.7. The number of benzene rings is 5. The molecule has 6 N–H and O–H groups in total. The van der Waals surface area contributed by atoms with E-state index < -0.39 is 25.9 Å². The number of nitrogens with one attached hydrogen (secondary N) is 6. The number of pyridine rings is 4. The van der Waals surface area contributed by atoms with Gasteiger partial charge in [0.1, 0.15) is 48.0 Å². The number of carbonyl (C=O) groups excluding carboxylic acids is 6. The molecule has 0 saturated carbocycles. The summed E-state index contributed by atoms with van der Waals surface area (Å²) in [5, 5.41) is 36.2. The van der Waals surface area contributed by atoms with Crippen LogP contribution in [0.1, 0.15) is 105 Å². The Balaban J connectivity index is 0.000000137.